The quantitative estimate of drug-likeness (QED) is 0.671. The molecule has 0 spiro atoms. The van der Waals surface area contributed by atoms with Crippen molar-refractivity contribution in [1.29, 1.82) is 0 Å². The average Bonchev–Trinajstić information content (AvgIpc) is 1.89. The van der Waals surface area contributed by atoms with Crippen LogP contribution in [0, 0.1) is 3.57 Å². The maximum Gasteiger partial charge on any atom is 0.0299 e. The summed E-state index contributed by atoms with van der Waals surface area (Å²) in [5.41, 5.74) is 1.26. The molecule has 0 bridgehead atoms. The number of hydrogen-bond acceptors (Lipinski definition) is 0. The highest BCUT2D eigenvalue weighted by Gasteiger charge is 1.92. The molecular formula is C7H6IS. The first-order valence-electron chi connectivity index (χ1n) is 2.66. The molecule has 0 unspecified atom stereocenters. The molecule has 0 aromatic heterocycles. The first-order chi connectivity index (χ1) is 4.34. The van der Waals surface area contributed by atoms with Crippen molar-refractivity contribution in [3.05, 3.63) is 33.4 Å². The Morgan fingerprint density at radius 3 is 2.44 bits per heavy atom. The molecule has 1 aromatic rings. The van der Waals surface area contributed by atoms with Crippen LogP contribution in [0.4, 0.5) is 0 Å². The van der Waals surface area contributed by atoms with Gasteiger partial charge in [0.15, 0.2) is 0 Å². The molecule has 0 fully saturated rings. The summed E-state index contributed by atoms with van der Waals surface area (Å²) in [4.78, 5) is 0. The van der Waals surface area contributed by atoms with E-state index in [-0.39, 0.29) is 0 Å². The lowest BCUT2D eigenvalue weighted by atomic mass is 10.2. The van der Waals surface area contributed by atoms with Crippen LogP contribution in [-0.2, 0) is 5.75 Å². The van der Waals surface area contributed by atoms with Crippen LogP contribution in [0.25, 0.3) is 0 Å². The predicted molar refractivity (Wildman–Crippen MR) is 50.5 cm³/mol. The topological polar surface area (TPSA) is 0 Å². The maximum atomic E-state index is 4.90. The second-order valence-electron chi connectivity index (χ2n) is 1.74. The van der Waals surface area contributed by atoms with E-state index in [1.165, 1.54) is 9.13 Å². The lowest BCUT2D eigenvalue weighted by Gasteiger charge is -1.95. The minimum absolute atomic E-state index is 0.721. The van der Waals surface area contributed by atoms with Crippen LogP contribution in [-0.4, -0.2) is 0 Å². The monoisotopic (exact) mass is 249 g/mol. The molecule has 0 amide bonds. The zero-order valence-corrected chi connectivity index (χ0v) is 7.78. The van der Waals surface area contributed by atoms with E-state index in [0.717, 1.165) is 5.75 Å². The molecule has 0 aliphatic carbocycles. The Labute approximate surface area is 74.2 Å². The Hall–Kier alpha value is 0.300. The van der Waals surface area contributed by atoms with E-state index >= 15 is 0 Å². The van der Waals surface area contributed by atoms with Gasteiger partial charge in [-0.15, -0.1) is 0 Å². The summed E-state index contributed by atoms with van der Waals surface area (Å²) in [7, 11) is 0. The highest BCUT2D eigenvalue weighted by Crippen LogP contribution is 2.12. The van der Waals surface area contributed by atoms with Gasteiger partial charge < -0.3 is 0 Å². The molecule has 1 radical (unpaired) electrons. The molecule has 0 saturated heterocycles. The normalized spacial score (nSPS) is 9.56. The Bertz CT molecular complexity index is 198. The number of hydrogen-bond donors (Lipinski definition) is 0. The molecule has 0 nitrogen and oxygen atoms in total. The fraction of sp³-hybridized carbons (Fsp3) is 0.143. The molecule has 47 valence electrons. The third kappa shape index (κ3) is 1.86. The van der Waals surface area contributed by atoms with Gasteiger partial charge in [-0.3, -0.25) is 0 Å². The van der Waals surface area contributed by atoms with Crippen LogP contribution in [0.15, 0.2) is 24.3 Å². The molecule has 0 aliphatic heterocycles. The predicted octanol–water partition coefficient (Wildman–Crippen LogP) is 2.99. The van der Waals surface area contributed by atoms with Gasteiger partial charge >= 0.3 is 0 Å². The fourth-order valence-corrected chi connectivity index (χ4v) is 1.70. The minimum atomic E-state index is 0.721. The summed E-state index contributed by atoms with van der Waals surface area (Å²) in [6, 6.07) is 8.18. The molecular weight excluding hydrogens is 243 g/mol. The van der Waals surface area contributed by atoms with Gasteiger partial charge in [-0.2, -0.15) is 0 Å². The van der Waals surface area contributed by atoms with Crippen molar-refractivity contribution in [2.45, 2.75) is 5.75 Å². The summed E-state index contributed by atoms with van der Waals surface area (Å²) in [5.74, 6) is 0.721. The largest absolute Gasteiger partial charge is 0.0890 e. The van der Waals surface area contributed by atoms with E-state index in [4.69, 9.17) is 12.6 Å². The average molecular weight is 249 g/mol. The molecule has 0 saturated carbocycles. The third-order valence-corrected chi connectivity index (χ3v) is 2.48. The molecule has 0 atom stereocenters. The van der Waals surface area contributed by atoms with E-state index in [1.54, 1.807) is 0 Å². The van der Waals surface area contributed by atoms with E-state index in [0.29, 0.717) is 0 Å². The van der Waals surface area contributed by atoms with E-state index in [1.807, 2.05) is 12.1 Å². The minimum Gasteiger partial charge on any atom is -0.0890 e. The zero-order chi connectivity index (χ0) is 6.69. The van der Waals surface area contributed by atoms with E-state index in [9.17, 15) is 0 Å². The highest BCUT2D eigenvalue weighted by molar-refractivity contribution is 14.1. The Balaban J connectivity index is 3.01. The standard InChI is InChI=1S/C7H6IS/c8-7-4-2-1-3-6(7)5-9/h1-4H,5H2. The van der Waals surface area contributed by atoms with Crippen LogP contribution in [0.3, 0.4) is 0 Å². The van der Waals surface area contributed by atoms with Gasteiger partial charge in [-0.1, -0.05) is 30.8 Å². The van der Waals surface area contributed by atoms with Crippen LogP contribution in [0.5, 0.6) is 0 Å². The van der Waals surface area contributed by atoms with Crippen LogP contribution in [0.1, 0.15) is 5.56 Å². The highest BCUT2D eigenvalue weighted by atomic mass is 127. The molecule has 0 heterocycles. The van der Waals surface area contributed by atoms with Crippen LogP contribution < -0.4 is 0 Å². The van der Waals surface area contributed by atoms with Crippen molar-refractivity contribution in [2.24, 2.45) is 0 Å². The van der Waals surface area contributed by atoms with Crippen LogP contribution >= 0.6 is 35.2 Å². The first kappa shape index (κ1) is 7.41. The smallest absolute Gasteiger partial charge is 0.0299 e. The van der Waals surface area contributed by atoms with Gasteiger partial charge in [0.2, 0.25) is 0 Å². The molecule has 9 heavy (non-hydrogen) atoms. The van der Waals surface area contributed by atoms with Crippen molar-refractivity contribution < 1.29 is 0 Å². The van der Waals surface area contributed by atoms with Gasteiger partial charge in [0.25, 0.3) is 0 Å². The second-order valence-corrected chi connectivity index (χ2v) is 3.19. The molecule has 0 aliphatic rings. The molecule has 1 aromatic carbocycles. The van der Waals surface area contributed by atoms with Gasteiger partial charge in [0, 0.05) is 9.32 Å². The summed E-state index contributed by atoms with van der Waals surface area (Å²) < 4.78 is 1.27. The van der Waals surface area contributed by atoms with E-state index < -0.39 is 0 Å². The van der Waals surface area contributed by atoms with Crippen molar-refractivity contribution in [3.8, 4) is 0 Å². The summed E-state index contributed by atoms with van der Waals surface area (Å²) in [6.07, 6.45) is 0. The number of halogens is 1. The number of benzene rings is 1. The third-order valence-electron chi connectivity index (χ3n) is 1.11. The SMILES string of the molecule is [S]Cc1ccccc1I. The van der Waals surface area contributed by atoms with Crippen molar-refractivity contribution >= 4 is 35.2 Å². The summed E-state index contributed by atoms with van der Waals surface area (Å²) in [6.45, 7) is 0. The van der Waals surface area contributed by atoms with Crippen molar-refractivity contribution in [3.63, 3.8) is 0 Å². The lowest BCUT2D eigenvalue weighted by Crippen LogP contribution is -1.80. The van der Waals surface area contributed by atoms with Crippen molar-refractivity contribution in [1.82, 2.24) is 0 Å². The van der Waals surface area contributed by atoms with Gasteiger partial charge in [-0.05, 0) is 34.2 Å². The van der Waals surface area contributed by atoms with Gasteiger partial charge in [0.1, 0.15) is 0 Å². The van der Waals surface area contributed by atoms with Crippen LogP contribution in [0.2, 0.25) is 0 Å². The van der Waals surface area contributed by atoms with Gasteiger partial charge in [0.05, 0.1) is 0 Å². The Morgan fingerprint density at radius 1 is 1.33 bits per heavy atom. The van der Waals surface area contributed by atoms with Crippen molar-refractivity contribution in [2.75, 3.05) is 0 Å². The molecule has 0 N–H and O–H groups in total. The number of rotatable bonds is 1. The second kappa shape index (κ2) is 3.46. The lowest BCUT2D eigenvalue weighted by molar-refractivity contribution is 1.39. The van der Waals surface area contributed by atoms with Gasteiger partial charge in [-0.25, -0.2) is 0 Å². The summed E-state index contributed by atoms with van der Waals surface area (Å²) in [5, 5.41) is 0. The maximum absolute atomic E-state index is 4.90. The first-order valence-corrected chi connectivity index (χ1v) is 4.31. The molecule has 1 rings (SSSR count). The Kier molecular flexibility index (Phi) is 2.85. The Morgan fingerprint density at radius 2 is 2.00 bits per heavy atom. The molecule has 2 heteroatoms. The zero-order valence-electron chi connectivity index (χ0n) is 4.80. The fourth-order valence-electron chi connectivity index (χ4n) is 0.615. The summed E-state index contributed by atoms with van der Waals surface area (Å²) >= 11 is 7.19. The van der Waals surface area contributed by atoms with E-state index in [2.05, 4.69) is 34.7 Å².